The van der Waals surface area contributed by atoms with Crippen LogP contribution >= 0.6 is 0 Å². The van der Waals surface area contributed by atoms with Gasteiger partial charge in [-0.3, -0.25) is 0 Å². The van der Waals surface area contributed by atoms with Crippen LogP contribution in [0.5, 0.6) is 0 Å². The smallest absolute Gasteiger partial charge is 0.342 e. The number of fused-ring (bicyclic) bond motifs is 1. The summed E-state index contributed by atoms with van der Waals surface area (Å²) in [6, 6.07) is 12.0. The molecule has 0 radical (unpaired) electrons. The molecule has 0 fully saturated rings. The van der Waals surface area contributed by atoms with E-state index in [1.807, 2.05) is 76.0 Å². The number of carbonyl (C=O) groups is 1. The molecule has 0 aliphatic heterocycles. The van der Waals surface area contributed by atoms with Gasteiger partial charge in [0, 0.05) is 55.2 Å². The van der Waals surface area contributed by atoms with E-state index < -0.39 is 5.97 Å². The van der Waals surface area contributed by atoms with Gasteiger partial charge in [-0.2, -0.15) is 0 Å². The predicted octanol–water partition coefficient (Wildman–Crippen LogP) is 5.68. The number of nitrogens with two attached hydrogens (primary N) is 1. The zero-order valence-electron chi connectivity index (χ0n) is 21.8. The molecule has 188 valence electrons. The molecule has 0 atom stereocenters. The summed E-state index contributed by atoms with van der Waals surface area (Å²) in [5.41, 5.74) is 12.6. The van der Waals surface area contributed by atoms with Gasteiger partial charge in [0.05, 0.1) is 23.2 Å². The van der Waals surface area contributed by atoms with E-state index in [1.165, 1.54) is 6.20 Å². The lowest BCUT2D eigenvalue weighted by molar-refractivity contribution is 0.0378. The van der Waals surface area contributed by atoms with Crippen LogP contribution in [0.25, 0.3) is 22.2 Å². The minimum absolute atomic E-state index is 0.259. The summed E-state index contributed by atoms with van der Waals surface area (Å²) in [5, 5.41) is 4.30. The largest absolute Gasteiger partial charge is 0.459 e. The Morgan fingerprint density at radius 1 is 1.25 bits per heavy atom. The summed E-state index contributed by atoms with van der Waals surface area (Å²) in [7, 11) is 4.01. The Balaban J connectivity index is 1.78. The SMILES string of the molecule is CCCN(C)c1cc(C)c(Nc2ncc(C(=O)OC(C)C)c(-c3cn(C)c4ccccc34)n2)cc1N. The van der Waals surface area contributed by atoms with Crippen molar-refractivity contribution in [1.82, 2.24) is 14.5 Å². The second-order valence-corrected chi connectivity index (χ2v) is 9.35. The van der Waals surface area contributed by atoms with Gasteiger partial charge in [-0.15, -0.1) is 0 Å². The molecule has 2 heterocycles. The van der Waals surface area contributed by atoms with E-state index in [1.54, 1.807) is 0 Å². The highest BCUT2D eigenvalue weighted by molar-refractivity contribution is 6.03. The molecule has 2 aromatic heterocycles. The number of esters is 1. The summed E-state index contributed by atoms with van der Waals surface area (Å²) in [4.78, 5) is 24.4. The van der Waals surface area contributed by atoms with Gasteiger partial charge in [0.15, 0.2) is 0 Å². The molecule has 0 saturated carbocycles. The van der Waals surface area contributed by atoms with Crippen molar-refractivity contribution in [2.45, 2.75) is 40.2 Å². The quantitative estimate of drug-likeness (QED) is 0.244. The maximum absolute atomic E-state index is 13.0. The van der Waals surface area contributed by atoms with Gasteiger partial charge in [-0.25, -0.2) is 14.8 Å². The van der Waals surface area contributed by atoms with Crippen molar-refractivity contribution >= 4 is 39.9 Å². The molecule has 4 aromatic rings. The minimum Gasteiger partial charge on any atom is -0.459 e. The number of anilines is 4. The molecule has 4 rings (SSSR count). The van der Waals surface area contributed by atoms with Crippen LogP contribution in [0.4, 0.5) is 23.0 Å². The van der Waals surface area contributed by atoms with E-state index >= 15 is 0 Å². The third-order valence-electron chi connectivity index (χ3n) is 6.09. The van der Waals surface area contributed by atoms with Crippen molar-refractivity contribution in [3.63, 3.8) is 0 Å². The number of nitrogens with one attached hydrogen (secondary N) is 1. The van der Waals surface area contributed by atoms with Crippen molar-refractivity contribution in [2.75, 3.05) is 29.5 Å². The Morgan fingerprint density at radius 3 is 2.72 bits per heavy atom. The van der Waals surface area contributed by atoms with Gasteiger partial charge in [0.1, 0.15) is 5.56 Å². The first-order valence-electron chi connectivity index (χ1n) is 12.2. The standard InChI is InChI=1S/C28H34N6O2/c1-7-12-33(5)25-13-18(4)23(14-22(25)29)31-28-30-15-20(27(35)36-17(2)3)26(32-28)21-16-34(6)24-11-9-8-10-19(21)24/h8-11,13-17H,7,12,29H2,1-6H3,(H,30,31,32). The van der Waals surface area contributed by atoms with E-state index in [9.17, 15) is 4.79 Å². The summed E-state index contributed by atoms with van der Waals surface area (Å²) in [6.45, 7) is 8.72. The van der Waals surface area contributed by atoms with E-state index in [-0.39, 0.29) is 6.10 Å². The van der Waals surface area contributed by atoms with Crippen molar-refractivity contribution in [1.29, 1.82) is 0 Å². The molecule has 0 amide bonds. The van der Waals surface area contributed by atoms with E-state index in [0.717, 1.165) is 46.4 Å². The lowest BCUT2D eigenvalue weighted by Crippen LogP contribution is -2.19. The molecule has 0 bridgehead atoms. The van der Waals surface area contributed by atoms with Crippen molar-refractivity contribution < 1.29 is 9.53 Å². The molecule has 0 saturated heterocycles. The van der Waals surface area contributed by atoms with Gasteiger partial charge in [0.25, 0.3) is 0 Å². The molecule has 36 heavy (non-hydrogen) atoms. The predicted molar refractivity (Wildman–Crippen MR) is 147 cm³/mol. The maximum atomic E-state index is 13.0. The molecular formula is C28H34N6O2. The van der Waals surface area contributed by atoms with Gasteiger partial charge in [0.2, 0.25) is 5.95 Å². The fourth-order valence-electron chi connectivity index (χ4n) is 4.36. The Bertz CT molecular complexity index is 1410. The minimum atomic E-state index is -0.455. The first-order chi connectivity index (χ1) is 17.2. The number of ether oxygens (including phenoxy) is 1. The average molecular weight is 487 g/mol. The number of para-hydroxylation sites is 1. The normalized spacial score (nSPS) is 11.2. The Labute approximate surface area is 212 Å². The second kappa shape index (κ2) is 10.3. The summed E-state index contributed by atoms with van der Waals surface area (Å²) >= 11 is 0. The molecule has 0 spiro atoms. The summed E-state index contributed by atoms with van der Waals surface area (Å²) in [5.74, 6) is -0.0839. The van der Waals surface area contributed by atoms with Crippen LogP contribution in [0.1, 0.15) is 43.1 Å². The number of nitrogens with zero attached hydrogens (tertiary/aromatic N) is 4. The lowest BCUT2D eigenvalue weighted by atomic mass is 10.1. The monoisotopic (exact) mass is 486 g/mol. The highest BCUT2D eigenvalue weighted by Crippen LogP contribution is 2.34. The molecule has 8 nitrogen and oxygen atoms in total. The van der Waals surface area contributed by atoms with Crippen LogP contribution in [0, 0.1) is 6.92 Å². The number of aromatic nitrogens is 3. The second-order valence-electron chi connectivity index (χ2n) is 9.35. The van der Waals surface area contributed by atoms with Gasteiger partial charge >= 0.3 is 5.97 Å². The van der Waals surface area contributed by atoms with Crippen LogP contribution in [0.15, 0.2) is 48.8 Å². The average Bonchev–Trinajstić information content (AvgIpc) is 3.17. The third kappa shape index (κ3) is 4.98. The maximum Gasteiger partial charge on any atom is 0.342 e. The van der Waals surface area contributed by atoms with Gasteiger partial charge in [-0.05, 0) is 51.0 Å². The number of rotatable bonds is 8. The molecule has 0 aliphatic rings. The van der Waals surface area contributed by atoms with E-state index in [4.69, 9.17) is 15.5 Å². The first kappa shape index (κ1) is 25.0. The number of benzene rings is 2. The summed E-state index contributed by atoms with van der Waals surface area (Å²) < 4.78 is 7.52. The highest BCUT2D eigenvalue weighted by Gasteiger charge is 2.22. The highest BCUT2D eigenvalue weighted by atomic mass is 16.5. The number of hydrogen-bond acceptors (Lipinski definition) is 7. The Hall–Kier alpha value is -4.07. The fraction of sp³-hybridized carbons (Fsp3) is 0.321. The summed E-state index contributed by atoms with van der Waals surface area (Å²) in [6.07, 6.45) is 4.28. The molecular weight excluding hydrogens is 452 g/mol. The number of aryl methyl sites for hydroxylation is 2. The first-order valence-corrected chi connectivity index (χ1v) is 12.2. The molecule has 3 N–H and O–H groups in total. The van der Waals surface area contributed by atoms with Crippen LogP contribution in [-0.4, -0.2) is 40.2 Å². The van der Waals surface area contributed by atoms with Crippen LogP contribution in [0.2, 0.25) is 0 Å². The van der Waals surface area contributed by atoms with Crippen LogP contribution < -0.4 is 16.0 Å². The number of nitrogen functional groups attached to an aromatic ring is 1. The van der Waals surface area contributed by atoms with E-state index in [0.29, 0.717) is 22.9 Å². The van der Waals surface area contributed by atoms with Gasteiger partial charge < -0.3 is 25.3 Å². The zero-order chi connectivity index (χ0) is 26.0. The van der Waals surface area contributed by atoms with Crippen molar-refractivity contribution in [3.8, 4) is 11.3 Å². The van der Waals surface area contributed by atoms with Gasteiger partial charge in [-0.1, -0.05) is 25.1 Å². The van der Waals surface area contributed by atoms with Crippen LogP contribution in [-0.2, 0) is 11.8 Å². The molecule has 2 aromatic carbocycles. The Morgan fingerprint density at radius 2 is 2.00 bits per heavy atom. The Kier molecular flexibility index (Phi) is 7.15. The molecule has 8 heteroatoms. The molecule has 0 unspecified atom stereocenters. The third-order valence-corrected chi connectivity index (χ3v) is 6.09. The van der Waals surface area contributed by atoms with E-state index in [2.05, 4.69) is 28.2 Å². The number of carbonyl (C=O) groups excluding carboxylic acids is 1. The van der Waals surface area contributed by atoms with Crippen molar-refractivity contribution in [2.24, 2.45) is 7.05 Å². The zero-order valence-corrected chi connectivity index (χ0v) is 21.8. The number of hydrogen-bond donors (Lipinski definition) is 2. The van der Waals surface area contributed by atoms with Crippen molar-refractivity contribution in [3.05, 3.63) is 59.9 Å². The lowest BCUT2D eigenvalue weighted by Gasteiger charge is -2.22. The molecule has 0 aliphatic carbocycles. The van der Waals surface area contributed by atoms with Crippen LogP contribution in [0.3, 0.4) is 0 Å². The fourth-order valence-corrected chi connectivity index (χ4v) is 4.36. The topological polar surface area (TPSA) is 98.3 Å².